The standard InChI is InChI=1S/C37H42N2O2/c1-40-31-15-14-27-20-32-36-17-16-30-33(28(21-36)24-39(30)23-25-8-4-2-5-9-25)37(36,18-19-38(32)22-26-12-13-26)34(27)35(31)41-29-10-6-3-7-11-29/h2-11,14-15,26,28,30,32-33H,12-13,16-24H2,1H3/t28-,30?,32?,33?,36?,37?/m1/s1. The smallest absolute Gasteiger partial charge is 0.173 e. The Bertz CT molecular complexity index is 1450. The van der Waals surface area contributed by atoms with Gasteiger partial charge in [-0.3, -0.25) is 9.80 Å². The third kappa shape index (κ3) is 3.47. The molecule has 6 atom stereocenters. The van der Waals surface area contributed by atoms with Crippen LogP contribution in [0.5, 0.6) is 17.2 Å². The zero-order chi connectivity index (χ0) is 27.2. The zero-order valence-electron chi connectivity index (χ0n) is 24.3. The van der Waals surface area contributed by atoms with E-state index in [1.54, 1.807) is 0 Å². The average molecular weight is 547 g/mol. The lowest BCUT2D eigenvalue weighted by Gasteiger charge is -2.66. The van der Waals surface area contributed by atoms with Gasteiger partial charge in [0, 0.05) is 42.7 Å². The molecule has 3 saturated carbocycles. The summed E-state index contributed by atoms with van der Waals surface area (Å²) in [7, 11) is 1.82. The maximum Gasteiger partial charge on any atom is 0.173 e. The highest BCUT2D eigenvalue weighted by Gasteiger charge is 2.76. The minimum absolute atomic E-state index is 0.156. The fraction of sp³-hybridized carbons (Fsp3) is 0.514. The Hall–Kier alpha value is -2.82. The molecule has 212 valence electrons. The number of hydrogen-bond donors (Lipinski definition) is 0. The van der Waals surface area contributed by atoms with Crippen molar-refractivity contribution in [2.45, 2.75) is 69.0 Å². The summed E-state index contributed by atoms with van der Waals surface area (Å²) in [6.45, 7) is 4.88. The maximum absolute atomic E-state index is 6.92. The number of nitrogens with zero attached hydrogens (tertiary/aromatic N) is 2. The van der Waals surface area contributed by atoms with Crippen LogP contribution in [0, 0.1) is 23.2 Å². The van der Waals surface area contributed by atoms with Gasteiger partial charge in [-0.2, -0.15) is 0 Å². The number of para-hydroxylation sites is 1. The molecule has 9 rings (SSSR count). The molecule has 4 nitrogen and oxygen atoms in total. The van der Waals surface area contributed by atoms with Crippen molar-refractivity contribution in [1.82, 2.24) is 9.80 Å². The summed E-state index contributed by atoms with van der Waals surface area (Å²) in [4.78, 5) is 5.85. The van der Waals surface area contributed by atoms with Crippen LogP contribution in [0.15, 0.2) is 72.8 Å². The second kappa shape index (κ2) is 9.09. The number of rotatable bonds is 7. The van der Waals surface area contributed by atoms with Gasteiger partial charge in [-0.15, -0.1) is 0 Å². The van der Waals surface area contributed by atoms with Gasteiger partial charge in [-0.05, 0) is 104 Å². The molecule has 2 saturated heterocycles. The average Bonchev–Trinajstić information content (AvgIpc) is 3.71. The van der Waals surface area contributed by atoms with Gasteiger partial charge in [0.1, 0.15) is 5.75 Å². The van der Waals surface area contributed by atoms with Crippen molar-refractivity contribution in [1.29, 1.82) is 0 Å². The van der Waals surface area contributed by atoms with Gasteiger partial charge in [0.05, 0.1) is 7.11 Å². The van der Waals surface area contributed by atoms with Gasteiger partial charge < -0.3 is 9.47 Å². The van der Waals surface area contributed by atoms with Crippen LogP contribution in [0.3, 0.4) is 0 Å². The molecule has 2 aliphatic heterocycles. The Labute approximate surface area is 244 Å². The molecule has 0 spiro atoms. The summed E-state index contributed by atoms with van der Waals surface area (Å²) in [5.41, 5.74) is 5.02. The normalized spacial score (nSPS) is 35.1. The van der Waals surface area contributed by atoms with Gasteiger partial charge in [-0.1, -0.05) is 54.6 Å². The second-order valence-electron chi connectivity index (χ2n) is 14.1. The third-order valence-electron chi connectivity index (χ3n) is 12.4. The third-order valence-corrected chi connectivity index (χ3v) is 12.4. The molecule has 5 unspecified atom stereocenters. The van der Waals surface area contributed by atoms with Crippen LogP contribution in [0.25, 0.3) is 0 Å². The molecule has 4 aliphatic carbocycles. The van der Waals surface area contributed by atoms with E-state index < -0.39 is 0 Å². The van der Waals surface area contributed by atoms with Crippen molar-refractivity contribution in [2.75, 3.05) is 26.7 Å². The van der Waals surface area contributed by atoms with E-state index in [9.17, 15) is 0 Å². The van der Waals surface area contributed by atoms with Gasteiger partial charge in [0.2, 0.25) is 0 Å². The van der Waals surface area contributed by atoms with Crippen molar-refractivity contribution in [3.05, 3.63) is 89.5 Å². The predicted octanol–water partition coefficient (Wildman–Crippen LogP) is 7.07. The second-order valence-corrected chi connectivity index (χ2v) is 14.1. The molecule has 0 radical (unpaired) electrons. The van der Waals surface area contributed by atoms with Gasteiger partial charge in [-0.25, -0.2) is 0 Å². The van der Waals surface area contributed by atoms with Crippen molar-refractivity contribution < 1.29 is 9.47 Å². The molecule has 4 heteroatoms. The molecule has 0 aromatic heterocycles. The van der Waals surface area contributed by atoms with E-state index >= 15 is 0 Å². The largest absolute Gasteiger partial charge is 0.493 e. The van der Waals surface area contributed by atoms with E-state index in [1.165, 1.54) is 74.8 Å². The van der Waals surface area contributed by atoms with E-state index in [0.29, 0.717) is 23.4 Å². The van der Waals surface area contributed by atoms with Crippen molar-refractivity contribution in [3.8, 4) is 17.2 Å². The minimum Gasteiger partial charge on any atom is -0.493 e. The topological polar surface area (TPSA) is 24.9 Å². The molecule has 41 heavy (non-hydrogen) atoms. The van der Waals surface area contributed by atoms with Gasteiger partial charge >= 0.3 is 0 Å². The lowest BCUT2D eigenvalue weighted by Crippen LogP contribution is -2.69. The van der Waals surface area contributed by atoms with Gasteiger partial charge in [0.25, 0.3) is 0 Å². The highest BCUT2D eigenvalue weighted by atomic mass is 16.5. The first-order valence-corrected chi connectivity index (χ1v) is 16.2. The Morgan fingerprint density at radius 3 is 2.46 bits per heavy atom. The number of ether oxygens (including phenoxy) is 2. The van der Waals surface area contributed by atoms with Crippen LogP contribution >= 0.6 is 0 Å². The molecular formula is C37H42N2O2. The van der Waals surface area contributed by atoms with Crippen molar-refractivity contribution >= 4 is 0 Å². The summed E-state index contributed by atoms with van der Waals surface area (Å²) in [6, 6.07) is 27.5. The zero-order valence-corrected chi connectivity index (χ0v) is 24.3. The molecular weight excluding hydrogens is 504 g/mol. The van der Waals surface area contributed by atoms with E-state index in [-0.39, 0.29) is 5.41 Å². The van der Waals surface area contributed by atoms with Crippen molar-refractivity contribution in [3.63, 3.8) is 0 Å². The Balaban J connectivity index is 1.20. The van der Waals surface area contributed by atoms with Crippen molar-refractivity contribution in [2.24, 2.45) is 23.2 Å². The number of hydrogen-bond acceptors (Lipinski definition) is 4. The first kappa shape index (κ1) is 24.7. The van der Waals surface area contributed by atoms with E-state index in [1.807, 2.05) is 7.11 Å². The summed E-state index contributed by atoms with van der Waals surface area (Å²) in [5.74, 6) is 5.21. The lowest BCUT2D eigenvalue weighted by atomic mass is 9.43. The van der Waals surface area contributed by atoms with Crippen LogP contribution in [0.4, 0.5) is 0 Å². The Morgan fingerprint density at radius 1 is 0.878 bits per heavy atom. The summed E-state index contributed by atoms with van der Waals surface area (Å²) >= 11 is 0. The summed E-state index contributed by atoms with van der Waals surface area (Å²) in [6.07, 6.45) is 9.38. The number of benzene rings is 3. The molecule has 5 fully saturated rings. The lowest BCUT2D eigenvalue weighted by molar-refractivity contribution is -0.106. The first-order valence-electron chi connectivity index (χ1n) is 16.2. The SMILES string of the molecule is COc1ccc2c(c1Oc1ccccc1)C13CCN(CC4CC4)C(C2)C12CCC1C3[C@@H](CN1Cc1ccccc1)C2. The molecule has 6 aliphatic rings. The molecule has 0 N–H and O–H groups in total. The minimum atomic E-state index is 0.156. The Morgan fingerprint density at radius 2 is 1.68 bits per heavy atom. The summed E-state index contributed by atoms with van der Waals surface area (Å²) < 4.78 is 13.0. The van der Waals surface area contributed by atoms with E-state index in [4.69, 9.17) is 9.47 Å². The number of methoxy groups -OCH3 is 1. The fourth-order valence-electron chi connectivity index (χ4n) is 11.0. The number of fused-ring (bicyclic) bond motifs is 1. The molecule has 4 bridgehead atoms. The van der Waals surface area contributed by atoms with E-state index in [0.717, 1.165) is 42.0 Å². The quantitative estimate of drug-likeness (QED) is 0.317. The number of likely N-dealkylation sites (tertiary alicyclic amines) is 2. The van der Waals surface area contributed by atoms with E-state index in [2.05, 4.69) is 82.6 Å². The Kier molecular flexibility index (Phi) is 5.49. The number of piperidine rings is 1. The van der Waals surface area contributed by atoms with Crippen LogP contribution < -0.4 is 9.47 Å². The highest BCUT2D eigenvalue weighted by Crippen LogP contribution is 2.77. The fourth-order valence-corrected chi connectivity index (χ4v) is 11.0. The molecule has 0 amide bonds. The molecule has 3 aromatic carbocycles. The molecule has 3 aromatic rings. The highest BCUT2D eigenvalue weighted by molar-refractivity contribution is 5.61. The predicted molar refractivity (Wildman–Crippen MR) is 161 cm³/mol. The van der Waals surface area contributed by atoms with Crippen LogP contribution in [-0.2, 0) is 18.4 Å². The molecule has 2 heterocycles. The van der Waals surface area contributed by atoms with Crippen LogP contribution in [0.2, 0.25) is 0 Å². The van der Waals surface area contributed by atoms with Crippen LogP contribution in [-0.4, -0.2) is 48.6 Å². The first-order chi connectivity index (χ1) is 20.2. The monoisotopic (exact) mass is 546 g/mol. The van der Waals surface area contributed by atoms with Crippen LogP contribution in [0.1, 0.15) is 55.2 Å². The van der Waals surface area contributed by atoms with Gasteiger partial charge in [0.15, 0.2) is 11.5 Å². The maximum atomic E-state index is 6.92. The summed E-state index contributed by atoms with van der Waals surface area (Å²) in [5, 5.41) is 0.